The van der Waals surface area contributed by atoms with Crippen LogP contribution in [0.4, 0.5) is 0 Å². The highest BCUT2D eigenvalue weighted by Crippen LogP contribution is 2.40. The highest BCUT2D eigenvalue weighted by molar-refractivity contribution is 4.89. The average molecular weight is 197 g/mol. The van der Waals surface area contributed by atoms with Crippen LogP contribution in [0.15, 0.2) is 0 Å². The summed E-state index contributed by atoms with van der Waals surface area (Å²) in [7, 11) is 2.14. The summed E-state index contributed by atoms with van der Waals surface area (Å²) in [6, 6.07) is 0.753. The highest BCUT2D eigenvalue weighted by atomic mass is 14.9. The Labute approximate surface area is 89.7 Å². The predicted molar refractivity (Wildman–Crippen MR) is 63.6 cm³/mol. The van der Waals surface area contributed by atoms with E-state index in [9.17, 15) is 0 Å². The SMILES string of the molecule is CCCCC(NC)C1(C)CCCCC1. The molecule has 1 rings (SSSR count). The molecule has 0 radical (unpaired) electrons. The van der Waals surface area contributed by atoms with E-state index in [-0.39, 0.29) is 0 Å². The van der Waals surface area contributed by atoms with E-state index in [0.29, 0.717) is 5.41 Å². The van der Waals surface area contributed by atoms with E-state index in [1.807, 2.05) is 0 Å². The molecule has 0 spiro atoms. The second kappa shape index (κ2) is 5.75. The normalized spacial score (nSPS) is 23.4. The van der Waals surface area contributed by atoms with Crippen molar-refractivity contribution in [1.29, 1.82) is 0 Å². The van der Waals surface area contributed by atoms with Crippen LogP contribution >= 0.6 is 0 Å². The molecule has 1 nitrogen and oxygen atoms in total. The first-order valence-electron chi connectivity index (χ1n) is 6.40. The summed E-state index contributed by atoms with van der Waals surface area (Å²) in [4.78, 5) is 0. The molecular formula is C13H27N. The number of nitrogens with one attached hydrogen (secondary N) is 1. The lowest BCUT2D eigenvalue weighted by molar-refractivity contribution is 0.141. The maximum absolute atomic E-state index is 3.55. The van der Waals surface area contributed by atoms with Crippen LogP contribution in [0.1, 0.15) is 65.2 Å². The molecule has 0 aromatic rings. The minimum absolute atomic E-state index is 0.585. The third-order valence-corrected chi connectivity index (χ3v) is 4.03. The van der Waals surface area contributed by atoms with Gasteiger partial charge in [0.25, 0.3) is 0 Å². The predicted octanol–water partition coefficient (Wildman–Crippen LogP) is 3.74. The fraction of sp³-hybridized carbons (Fsp3) is 1.00. The standard InChI is InChI=1S/C13H27N/c1-4-5-9-12(14-3)13(2)10-7-6-8-11-13/h12,14H,4-11H2,1-3H3. The van der Waals surface area contributed by atoms with Gasteiger partial charge in [0.05, 0.1) is 0 Å². The first-order valence-corrected chi connectivity index (χ1v) is 6.40. The van der Waals surface area contributed by atoms with Crippen molar-refractivity contribution in [2.45, 2.75) is 71.3 Å². The highest BCUT2D eigenvalue weighted by Gasteiger charge is 2.33. The van der Waals surface area contributed by atoms with E-state index < -0.39 is 0 Å². The Bertz CT molecular complexity index is 147. The van der Waals surface area contributed by atoms with Crippen LogP contribution in [0.2, 0.25) is 0 Å². The first kappa shape index (κ1) is 12.0. The van der Waals surface area contributed by atoms with Crippen molar-refractivity contribution in [1.82, 2.24) is 5.32 Å². The zero-order valence-corrected chi connectivity index (χ0v) is 10.2. The lowest BCUT2D eigenvalue weighted by Crippen LogP contribution is -2.43. The summed E-state index contributed by atoms with van der Waals surface area (Å²) < 4.78 is 0. The topological polar surface area (TPSA) is 12.0 Å². The van der Waals surface area contributed by atoms with E-state index in [2.05, 4.69) is 26.2 Å². The van der Waals surface area contributed by atoms with Crippen molar-refractivity contribution in [2.24, 2.45) is 5.41 Å². The molecule has 84 valence electrons. The Kier molecular flexibility index (Phi) is 4.94. The zero-order valence-electron chi connectivity index (χ0n) is 10.2. The van der Waals surface area contributed by atoms with Crippen LogP contribution < -0.4 is 5.32 Å². The third kappa shape index (κ3) is 2.98. The molecule has 0 heterocycles. The first-order chi connectivity index (χ1) is 6.73. The van der Waals surface area contributed by atoms with E-state index in [0.717, 1.165) is 6.04 Å². The van der Waals surface area contributed by atoms with Crippen molar-refractivity contribution in [3.05, 3.63) is 0 Å². The second-order valence-electron chi connectivity index (χ2n) is 5.20. The molecule has 0 aromatic heterocycles. The molecule has 0 saturated heterocycles. The summed E-state index contributed by atoms with van der Waals surface area (Å²) in [5, 5.41) is 3.55. The van der Waals surface area contributed by atoms with E-state index >= 15 is 0 Å². The zero-order chi connectivity index (χ0) is 10.4. The van der Waals surface area contributed by atoms with Gasteiger partial charge in [-0.1, -0.05) is 46.0 Å². The summed E-state index contributed by atoms with van der Waals surface area (Å²) in [6.07, 6.45) is 11.3. The van der Waals surface area contributed by atoms with Crippen LogP contribution in [0.25, 0.3) is 0 Å². The molecule has 1 saturated carbocycles. The summed E-state index contributed by atoms with van der Waals surface area (Å²) in [6.45, 7) is 4.78. The number of hydrogen-bond donors (Lipinski definition) is 1. The maximum atomic E-state index is 3.55. The fourth-order valence-corrected chi connectivity index (χ4v) is 2.96. The van der Waals surface area contributed by atoms with Crippen LogP contribution in [-0.2, 0) is 0 Å². The van der Waals surface area contributed by atoms with Crippen molar-refractivity contribution >= 4 is 0 Å². The molecule has 1 heteroatoms. The third-order valence-electron chi connectivity index (χ3n) is 4.03. The van der Waals surface area contributed by atoms with E-state index in [1.165, 1.54) is 51.4 Å². The van der Waals surface area contributed by atoms with Gasteiger partial charge in [-0.05, 0) is 31.7 Å². The second-order valence-corrected chi connectivity index (χ2v) is 5.20. The largest absolute Gasteiger partial charge is 0.316 e. The van der Waals surface area contributed by atoms with E-state index in [4.69, 9.17) is 0 Å². The van der Waals surface area contributed by atoms with Gasteiger partial charge in [-0.15, -0.1) is 0 Å². The van der Waals surface area contributed by atoms with Gasteiger partial charge in [-0.3, -0.25) is 0 Å². The molecule has 0 aromatic carbocycles. The van der Waals surface area contributed by atoms with Gasteiger partial charge in [-0.25, -0.2) is 0 Å². The summed E-state index contributed by atoms with van der Waals surface area (Å²) >= 11 is 0. The molecule has 0 aliphatic heterocycles. The fourth-order valence-electron chi connectivity index (χ4n) is 2.96. The van der Waals surface area contributed by atoms with Crippen molar-refractivity contribution in [3.63, 3.8) is 0 Å². The summed E-state index contributed by atoms with van der Waals surface area (Å²) in [5.41, 5.74) is 0.585. The molecule has 0 amide bonds. The summed E-state index contributed by atoms with van der Waals surface area (Å²) in [5.74, 6) is 0. The van der Waals surface area contributed by atoms with Crippen molar-refractivity contribution in [3.8, 4) is 0 Å². The van der Waals surface area contributed by atoms with Gasteiger partial charge in [0.2, 0.25) is 0 Å². The lowest BCUT2D eigenvalue weighted by Gasteiger charge is -2.41. The van der Waals surface area contributed by atoms with Gasteiger partial charge >= 0.3 is 0 Å². The Hall–Kier alpha value is -0.0400. The van der Waals surface area contributed by atoms with Crippen LogP contribution in [0, 0.1) is 5.41 Å². The maximum Gasteiger partial charge on any atom is 0.0118 e. The monoisotopic (exact) mass is 197 g/mol. The number of hydrogen-bond acceptors (Lipinski definition) is 1. The van der Waals surface area contributed by atoms with Crippen LogP contribution in [0.5, 0.6) is 0 Å². The molecule has 1 aliphatic rings. The van der Waals surface area contributed by atoms with Gasteiger partial charge in [0.15, 0.2) is 0 Å². The van der Waals surface area contributed by atoms with Gasteiger partial charge < -0.3 is 5.32 Å². The Morgan fingerprint density at radius 1 is 1.21 bits per heavy atom. The number of rotatable bonds is 5. The van der Waals surface area contributed by atoms with Crippen LogP contribution in [0.3, 0.4) is 0 Å². The minimum atomic E-state index is 0.585. The Balaban J connectivity index is 2.47. The Morgan fingerprint density at radius 3 is 2.36 bits per heavy atom. The van der Waals surface area contributed by atoms with Gasteiger partial charge in [-0.2, -0.15) is 0 Å². The molecule has 14 heavy (non-hydrogen) atoms. The van der Waals surface area contributed by atoms with Gasteiger partial charge in [0, 0.05) is 6.04 Å². The molecule has 0 bridgehead atoms. The smallest absolute Gasteiger partial charge is 0.0118 e. The minimum Gasteiger partial charge on any atom is -0.316 e. The van der Waals surface area contributed by atoms with E-state index in [1.54, 1.807) is 0 Å². The molecule has 1 aliphatic carbocycles. The Morgan fingerprint density at radius 2 is 1.86 bits per heavy atom. The van der Waals surface area contributed by atoms with Gasteiger partial charge in [0.1, 0.15) is 0 Å². The molecule has 1 N–H and O–H groups in total. The average Bonchev–Trinajstić information content (AvgIpc) is 2.20. The lowest BCUT2D eigenvalue weighted by atomic mass is 9.69. The van der Waals surface area contributed by atoms with Crippen molar-refractivity contribution < 1.29 is 0 Å². The quantitative estimate of drug-likeness (QED) is 0.708. The molecule has 1 fully saturated rings. The number of unbranched alkanes of at least 4 members (excludes halogenated alkanes) is 1. The molecular weight excluding hydrogens is 170 g/mol. The molecule has 1 unspecified atom stereocenters. The molecule has 1 atom stereocenters. The van der Waals surface area contributed by atoms with Crippen LogP contribution in [-0.4, -0.2) is 13.1 Å². The van der Waals surface area contributed by atoms with Crippen molar-refractivity contribution in [2.75, 3.05) is 7.05 Å².